The third-order valence-electron chi connectivity index (χ3n) is 4.69. The van der Waals surface area contributed by atoms with Crippen LogP contribution in [0.1, 0.15) is 28.3 Å². The fourth-order valence-electron chi connectivity index (χ4n) is 2.81. The van der Waals surface area contributed by atoms with E-state index in [1.54, 1.807) is 41.5 Å². The number of carbonyl (C=O) groups excluding carboxylic acids is 2. The average molecular weight is 413 g/mol. The Kier molecular flexibility index (Phi) is 6.33. The summed E-state index contributed by atoms with van der Waals surface area (Å²) in [5.41, 5.74) is 1.30. The minimum absolute atomic E-state index is 0.112. The molecule has 8 heteroatoms. The van der Waals surface area contributed by atoms with Crippen molar-refractivity contribution in [2.45, 2.75) is 13.0 Å². The monoisotopic (exact) mass is 413 g/mol. The fraction of sp³-hybridized carbons (Fsp3) is 0.286. The van der Waals surface area contributed by atoms with Crippen molar-refractivity contribution in [3.63, 3.8) is 0 Å². The molecule has 0 aliphatic rings. The van der Waals surface area contributed by atoms with Gasteiger partial charge in [0, 0.05) is 12.6 Å². The minimum Gasteiger partial charge on any atom is -0.493 e. The molecule has 0 fully saturated rings. The number of amides is 2. The van der Waals surface area contributed by atoms with Gasteiger partial charge in [0.25, 0.3) is 5.91 Å². The lowest BCUT2D eigenvalue weighted by atomic mass is 10.2. The zero-order valence-electron chi connectivity index (χ0n) is 16.8. The van der Waals surface area contributed by atoms with Crippen molar-refractivity contribution in [2.24, 2.45) is 0 Å². The van der Waals surface area contributed by atoms with Crippen LogP contribution in [0.3, 0.4) is 0 Å². The van der Waals surface area contributed by atoms with Crippen molar-refractivity contribution in [1.82, 2.24) is 15.2 Å². The first-order valence-electron chi connectivity index (χ1n) is 9.06. The highest BCUT2D eigenvalue weighted by Gasteiger charge is 2.21. The summed E-state index contributed by atoms with van der Waals surface area (Å²) in [6, 6.07) is 12.5. The topological polar surface area (TPSA) is 80.8 Å². The molecule has 0 aliphatic carbocycles. The van der Waals surface area contributed by atoms with E-state index in [1.807, 2.05) is 31.2 Å². The molecule has 3 aromatic rings. The van der Waals surface area contributed by atoms with E-state index in [1.165, 1.54) is 14.2 Å². The maximum absolute atomic E-state index is 12.6. The molecule has 0 aliphatic heterocycles. The maximum atomic E-state index is 12.6. The third kappa shape index (κ3) is 4.48. The van der Waals surface area contributed by atoms with Crippen molar-refractivity contribution < 1.29 is 19.1 Å². The number of carbonyl (C=O) groups is 2. The van der Waals surface area contributed by atoms with Crippen molar-refractivity contribution in [3.8, 4) is 11.5 Å². The molecular weight excluding hydrogens is 390 g/mol. The van der Waals surface area contributed by atoms with E-state index in [2.05, 4.69) is 10.3 Å². The Hall–Kier alpha value is -3.13. The zero-order chi connectivity index (χ0) is 21.0. The highest BCUT2D eigenvalue weighted by molar-refractivity contribution is 7.18. The molecule has 0 saturated heterocycles. The van der Waals surface area contributed by atoms with Gasteiger partial charge in [-0.15, -0.1) is 11.3 Å². The number of nitrogens with one attached hydrogen (secondary N) is 1. The van der Waals surface area contributed by atoms with E-state index >= 15 is 0 Å². The summed E-state index contributed by atoms with van der Waals surface area (Å²) in [6.07, 6.45) is 0. The SMILES string of the molecule is COc1ccc(C(=O)NCC(=O)N(C)[C@@H](C)c2nc3ccccc3s2)cc1OC. The van der Waals surface area contributed by atoms with Crippen molar-refractivity contribution >= 4 is 33.4 Å². The molecule has 0 bridgehead atoms. The Bertz CT molecular complexity index is 1000. The summed E-state index contributed by atoms with van der Waals surface area (Å²) >= 11 is 1.56. The highest BCUT2D eigenvalue weighted by atomic mass is 32.1. The van der Waals surface area contributed by atoms with Gasteiger partial charge in [-0.2, -0.15) is 0 Å². The molecule has 3 rings (SSSR count). The predicted octanol–water partition coefficient (Wildman–Crippen LogP) is 3.26. The van der Waals surface area contributed by atoms with Gasteiger partial charge in [-0.25, -0.2) is 4.98 Å². The third-order valence-corrected chi connectivity index (χ3v) is 5.89. The summed E-state index contributed by atoms with van der Waals surface area (Å²) in [5.74, 6) is 0.420. The van der Waals surface area contributed by atoms with Crippen LogP contribution in [-0.2, 0) is 4.79 Å². The van der Waals surface area contributed by atoms with Gasteiger partial charge in [-0.05, 0) is 37.3 Å². The molecule has 1 atom stereocenters. The number of hydrogen-bond donors (Lipinski definition) is 1. The van der Waals surface area contributed by atoms with Crippen LogP contribution in [0.15, 0.2) is 42.5 Å². The van der Waals surface area contributed by atoms with Crippen molar-refractivity contribution in [3.05, 3.63) is 53.0 Å². The van der Waals surface area contributed by atoms with Crippen LogP contribution >= 0.6 is 11.3 Å². The van der Waals surface area contributed by atoms with E-state index < -0.39 is 0 Å². The predicted molar refractivity (Wildman–Crippen MR) is 113 cm³/mol. The summed E-state index contributed by atoms with van der Waals surface area (Å²) in [5, 5.41) is 3.51. The fourth-order valence-corrected chi connectivity index (χ4v) is 3.87. The highest BCUT2D eigenvalue weighted by Crippen LogP contribution is 2.29. The van der Waals surface area contributed by atoms with E-state index in [-0.39, 0.29) is 24.4 Å². The minimum atomic E-state index is -0.361. The normalized spacial score (nSPS) is 11.7. The molecule has 7 nitrogen and oxygen atoms in total. The van der Waals surface area contributed by atoms with E-state index in [0.29, 0.717) is 17.1 Å². The number of fused-ring (bicyclic) bond motifs is 1. The number of benzene rings is 2. The van der Waals surface area contributed by atoms with Crippen LogP contribution in [-0.4, -0.2) is 49.5 Å². The van der Waals surface area contributed by atoms with Crippen LogP contribution in [0.25, 0.3) is 10.2 Å². The van der Waals surface area contributed by atoms with Crippen LogP contribution < -0.4 is 14.8 Å². The van der Waals surface area contributed by atoms with Gasteiger partial charge < -0.3 is 19.7 Å². The Morgan fingerprint density at radius 1 is 1.14 bits per heavy atom. The van der Waals surface area contributed by atoms with Crippen molar-refractivity contribution in [1.29, 1.82) is 0 Å². The van der Waals surface area contributed by atoms with Crippen LogP contribution in [0.2, 0.25) is 0 Å². The Balaban J connectivity index is 1.62. The van der Waals surface area contributed by atoms with Crippen LogP contribution in [0, 0.1) is 0 Å². The number of thiazole rings is 1. The van der Waals surface area contributed by atoms with E-state index in [4.69, 9.17) is 9.47 Å². The second-order valence-corrected chi connectivity index (χ2v) is 7.52. The number of para-hydroxylation sites is 1. The smallest absolute Gasteiger partial charge is 0.251 e. The lowest BCUT2D eigenvalue weighted by molar-refractivity contribution is -0.130. The molecule has 0 unspecified atom stereocenters. The van der Waals surface area contributed by atoms with E-state index in [9.17, 15) is 9.59 Å². The number of aromatic nitrogens is 1. The lowest BCUT2D eigenvalue weighted by Crippen LogP contribution is -2.39. The van der Waals surface area contributed by atoms with Crippen molar-refractivity contribution in [2.75, 3.05) is 27.8 Å². The van der Waals surface area contributed by atoms with Gasteiger partial charge in [0.05, 0.1) is 37.0 Å². The molecule has 1 N–H and O–H groups in total. The second-order valence-electron chi connectivity index (χ2n) is 6.45. The van der Waals surface area contributed by atoms with Crippen LogP contribution in [0.4, 0.5) is 0 Å². The standard InChI is InChI=1S/C21H23N3O4S/c1-13(21-23-15-7-5-6-8-18(15)29-21)24(2)19(25)12-22-20(26)14-9-10-16(27-3)17(11-14)28-4/h5-11,13H,12H2,1-4H3,(H,22,26)/t13-/m0/s1. The molecule has 1 heterocycles. The van der Waals surface area contributed by atoms with Crippen LogP contribution in [0.5, 0.6) is 11.5 Å². The summed E-state index contributed by atoms with van der Waals surface area (Å²) in [7, 11) is 4.74. The summed E-state index contributed by atoms with van der Waals surface area (Å²) < 4.78 is 11.5. The average Bonchev–Trinajstić information content (AvgIpc) is 3.19. The molecular formula is C21H23N3O4S. The van der Waals surface area contributed by atoms with Gasteiger partial charge in [-0.3, -0.25) is 9.59 Å². The summed E-state index contributed by atoms with van der Waals surface area (Å²) in [6.45, 7) is 1.81. The number of likely N-dealkylation sites (N-methyl/N-ethyl adjacent to an activating group) is 1. The molecule has 1 aromatic heterocycles. The first-order chi connectivity index (χ1) is 13.9. The molecule has 0 spiro atoms. The lowest BCUT2D eigenvalue weighted by Gasteiger charge is -2.23. The van der Waals surface area contributed by atoms with Gasteiger partial charge in [-0.1, -0.05) is 12.1 Å². The van der Waals surface area contributed by atoms with E-state index in [0.717, 1.165) is 15.2 Å². The summed E-state index contributed by atoms with van der Waals surface area (Å²) in [4.78, 5) is 31.2. The Morgan fingerprint density at radius 3 is 2.55 bits per heavy atom. The largest absolute Gasteiger partial charge is 0.493 e. The first kappa shape index (κ1) is 20.6. The number of rotatable bonds is 7. The molecule has 152 valence electrons. The van der Waals surface area contributed by atoms with Gasteiger partial charge >= 0.3 is 0 Å². The van der Waals surface area contributed by atoms with Gasteiger partial charge in [0.1, 0.15) is 5.01 Å². The Labute approximate surface area is 173 Å². The molecule has 0 radical (unpaired) electrons. The maximum Gasteiger partial charge on any atom is 0.251 e. The molecule has 0 saturated carbocycles. The molecule has 29 heavy (non-hydrogen) atoms. The van der Waals surface area contributed by atoms with Gasteiger partial charge in [0.2, 0.25) is 5.91 Å². The number of hydrogen-bond acceptors (Lipinski definition) is 6. The molecule has 2 aromatic carbocycles. The zero-order valence-corrected chi connectivity index (χ0v) is 17.6. The number of nitrogens with zero attached hydrogens (tertiary/aromatic N) is 2. The Morgan fingerprint density at radius 2 is 1.86 bits per heavy atom. The first-order valence-corrected chi connectivity index (χ1v) is 9.87. The number of methoxy groups -OCH3 is 2. The molecule has 2 amide bonds. The second kappa shape index (κ2) is 8.91. The number of ether oxygens (including phenoxy) is 2. The van der Waals surface area contributed by atoms with Gasteiger partial charge in [0.15, 0.2) is 11.5 Å². The quantitative estimate of drug-likeness (QED) is 0.643.